The van der Waals surface area contributed by atoms with Gasteiger partial charge in [0.2, 0.25) is 5.91 Å². The van der Waals surface area contributed by atoms with Gasteiger partial charge in [0.1, 0.15) is 17.4 Å². The van der Waals surface area contributed by atoms with Crippen molar-refractivity contribution in [1.29, 1.82) is 0 Å². The standard InChI is InChI=1S/C18H22N4O4/c1-12(23)17-15(16(20-26-17)14-5-3-6-19-11-14)18(25)22-8-4-7-21(9-10-22)13(2)24/h3,5-6,11-12,23H,4,7-10H2,1-2H3/t12-/m0/s1. The molecular weight excluding hydrogens is 336 g/mol. The highest BCUT2D eigenvalue weighted by Crippen LogP contribution is 2.30. The molecule has 0 aliphatic carbocycles. The van der Waals surface area contributed by atoms with Gasteiger partial charge in [-0.15, -0.1) is 0 Å². The number of aromatic nitrogens is 2. The van der Waals surface area contributed by atoms with Gasteiger partial charge >= 0.3 is 0 Å². The molecule has 138 valence electrons. The van der Waals surface area contributed by atoms with Gasteiger partial charge in [-0.1, -0.05) is 5.16 Å². The quantitative estimate of drug-likeness (QED) is 0.892. The molecule has 0 unspecified atom stereocenters. The summed E-state index contributed by atoms with van der Waals surface area (Å²) < 4.78 is 5.27. The molecule has 8 nitrogen and oxygen atoms in total. The van der Waals surface area contributed by atoms with Gasteiger partial charge in [-0.25, -0.2) is 0 Å². The van der Waals surface area contributed by atoms with Crippen molar-refractivity contribution in [3.8, 4) is 11.3 Å². The molecule has 0 bridgehead atoms. The second kappa shape index (κ2) is 7.65. The van der Waals surface area contributed by atoms with Crippen LogP contribution in [0.5, 0.6) is 0 Å². The Morgan fingerprint density at radius 1 is 1.23 bits per heavy atom. The van der Waals surface area contributed by atoms with Gasteiger partial charge in [0.05, 0.1) is 0 Å². The number of carbonyl (C=O) groups is 2. The maximum Gasteiger partial charge on any atom is 0.259 e. The Morgan fingerprint density at radius 2 is 1.96 bits per heavy atom. The van der Waals surface area contributed by atoms with Crippen molar-refractivity contribution in [2.45, 2.75) is 26.4 Å². The average molecular weight is 358 g/mol. The Kier molecular flexibility index (Phi) is 5.32. The SMILES string of the molecule is CC(=O)N1CCCN(C(=O)c2c(-c3cccnc3)noc2[C@H](C)O)CC1. The molecule has 0 saturated carbocycles. The first kappa shape index (κ1) is 18.1. The maximum atomic E-state index is 13.2. The summed E-state index contributed by atoms with van der Waals surface area (Å²) in [7, 11) is 0. The third-order valence-electron chi connectivity index (χ3n) is 4.48. The summed E-state index contributed by atoms with van der Waals surface area (Å²) >= 11 is 0. The number of hydrogen-bond acceptors (Lipinski definition) is 6. The Balaban J connectivity index is 1.93. The third-order valence-corrected chi connectivity index (χ3v) is 4.48. The molecule has 2 amide bonds. The van der Waals surface area contributed by atoms with E-state index in [4.69, 9.17) is 4.52 Å². The van der Waals surface area contributed by atoms with Crippen molar-refractivity contribution < 1.29 is 19.2 Å². The summed E-state index contributed by atoms with van der Waals surface area (Å²) in [6.45, 7) is 5.13. The van der Waals surface area contributed by atoms with E-state index in [0.717, 1.165) is 0 Å². The highest BCUT2D eigenvalue weighted by Gasteiger charge is 2.31. The number of hydrogen-bond donors (Lipinski definition) is 1. The van der Waals surface area contributed by atoms with E-state index in [1.54, 1.807) is 34.3 Å². The second-order valence-corrected chi connectivity index (χ2v) is 6.34. The van der Waals surface area contributed by atoms with Crippen molar-refractivity contribution in [3.05, 3.63) is 35.9 Å². The summed E-state index contributed by atoms with van der Waals surface area (Å²) in [6.07, 6.45) is 2.96. The first-order valence-corrected chi connectivity index (χ1v) is 8.62. The van der Waals surface area contributed by atoms with E-state index in [-0.39, 0.29) is 23.1 Å². The van der Waals surface area contributed by atoms with Crippen LogP contribution in [0.25, 0.3) is 11.3 Å². The van der Waals surface area contributed by atoms with E-state index < -0.39 is 6.10 Å². The lowest BCUT2D eigenvalue weighted by atomic mass is 10.0. The zero-order chi connectivity index (χ0) is 18.7. The molecule has 1 aliphatic heterocycles. The minimum absolute atomic E-state index is 0.00463. The number of aliphatic hydroxyl groups excluding tert-OH is 1. The van der Waals surface area contributed by atoms with E-state index in [9.17, 15) is 14.7 Å². The fourth-order valence-electron chi connectivity index (χ4n) is 3.09. The Morgan fingerprint density at radius 3 is 2.62 bits per heavy atom. The van der Waals surface area contributed by atoms with Crippen molar-refractivity contribution >= 4 is 11.8 Å². The molecule has 2 aromatic heterocycles. The van der Waals surface area contributed by atoms with Crippen molar-refractivity contribution in [2.24, 2.45) is 0 Å². The summed E-state index contributed by atoms with van der Waals surface area (Å²) in [5.41, 5.74) is 1.27. The van der Waals surface area contributed by atoms with E-state index >= 15 is 0 Å². The number of carbonyl (C=O) groups excluding carboxylic acids is 2. The van der Waals surface area contributed by atoms with Crippen LogP contribution in [-0.2, 0) is 4.79 Å². The molecule has 0 spiro atoms. The number of rotatable bonds is 3. The molecule has 1 saturated heterocycles. The topological polar surface area (TPSA) is 99.8 Å². The van der Waals surface area contributed by atoms with Crippen LogP contribution in [0.2, 0.25) is 0 Å². The lowest BCUT2D eigenvalue weighted by Gasteiger charge is -2.21. The van der Waals surface area contributed by atoms with Gasteiger partial charge in [-0.3, -0.25) is 14.6 Å². The lowest BCUT2D eigenvalue weighted by molar-refractivity contribution is -0.128. The van der Waals surface area contributed by atoms with Crippen LogP contribution in [0.15, 0.2) is 29.0 Å². The summed E-state index contributed by atoms with van der Waals surface area (Å²) in [5.74, 6) is -0.113. The van der Waals surface area contributed by atoms with Crippen LogP contribution in [0, 0.1) is 0 Å². The van der Waals surface area contributed by atoms with Crippen LogP contribution in [0.1, 0.15) is 42.5 Å². The Hall–Kier alpha value is -2.74. The first-order valence-electron chi connectivity index (χ1n) is 8.62. The van der Waals surface area contributed by atoms with Crippen LogP contribution in [-0.4, -0.2) is 63.0 Å². The van der Waals surface area contributed by atoms with Crippen LogP contribution >= 0.6 is 0 Å². The Bertz CT molecular complexity index is 788. The summed E-state index contributed by atoms with van der Waals surface area (Å²) in [5, 5.41) is 14.0. The van der Waals surface area contributed by atoms with Gasteiger partial charge in [0.25, 0.3) is 5.91 Å². The summed E-state index contributed by atoms with van der Waals surface area (Å²) in [6, 6.07) is 3.53. The van der Waals surface area contributed by atoms with Gasteiger partial charge in [-0.2, -0.15) is 0 Å². The highest BCUT2D eigenvalue weighted by atomic mass is 16.5. The minimum Gasteiger partial charge on any atom is -0.385 e. The smallest absolute Gasteiger partial charge is 0.259 e. The van der Waals surface area contributed by atoms with Crippen molar-refractivity contribution in [1.82, 2.24) is 19.9 Å². The van der Waals surface area contributed by atoms with Crippen LogP contribution in [0.3, 0.4) is 0 Å². The molecule has 3 rings (SSSR count). The van der Waals surface area contributed by atoms with Gasteiger partial charge in [-0.05, 0) is 25.5 Å². The molecular formula is C18H22N4O4. The monoisotopic (exact) mass is 358 g/mol. The normalized spacial score (nSPS) is 16.3. The minimum atomic E-state index is -0.965. The van der Waals surface area contributed by atoms with E-state index in [1.165, 1.54) is 13.8 Å². The van der Waals surface area contributed by atoms with E-state index in [0.29, 0.717) is 43.9 Å². The van der Waals surface area contributed by atoms with Crippen LogP contribution in [0.4, 0.5) is 0 Å². The number of pyridine rings is 1. The molecule has 1 fully saturated rings. The molecule has 1 N–H and O–H groups in total. The second-order valence-electron chi connectivity index (χ2n) is 6.34. The zero-order valence-corrected chi connectivity index (χ0v) is 14.9. The molecule has 0 radical (unpaired) electrons. The predicted octanol–water partition coefficient (Wildman–Crippen LogP) is 1.48. The molecule has 0 aromatic carbocycles. The van der Waals surface area contributed by atoms with Gasteiger partial charge in [0.15, 0.2) is 5.76 Å². The highest BCUT2D eigenvalue weighted by molar-refractivity contribution is 6.01. The van der Waals surface area contributed by atoms with E-state index in [2.05, 4.69) is 10.1 Å². The number of amides is 2. The van der Waals surface area contributed by atoms with Crippen molar-refractivity contribution in [2.75, 3.05) is 26.2 Å². The predicted molar refractivity (Wildman–Crippen MR) is 93.1 cm³/mol. The Labute approximate surface area is 151 Å². The van der Waals surface area contributed by atoms with Gasteiger partial charge in [0, 0.05) is 51.1 Å². The molecule has 26 heavy (non-hydrogen) atoms. The molecule has 1 atom stereocenters. The third kappa shape index (κ3) is 3.60. The number of aliphatic hydroxyl groups is 1. The van der Waals surface area contributed by atoms with E-state index in [1.807, 2.05) is 0 Å². The molecule has 2 aromatic rings. The fourth-order valence-corrected chi connectivity index (χ4v) is 3.09. The zero-order valence-electron chi connectivity index (χ0n) is 14.9. The summed E-state index contributed by atoms with van der Waals surface area (Å²) in [4.78, 5) is 32.3. The fraction of sp³-hybridized carbons (Fsp3) is 0.444. The molecule has 3 heterocycles. The van der Waals surface area contributed by atoms with Gasteiger partial charge < -0.3 is 19.4 Å². The largest absolute Gasteiger partial charge is 0.385 e. The average Bonchev–Trinajstić information content (AvgIpc) is 2.92. The lowest BCUT2D eigenvalue weighted by Crippen LogP contribution is -2.37. The molecule has 1 aliphatic rings. The number of nitrogens with zero attached hydrogens (tertiary/aromatic N) is 4. The first-order chi connectivity index (χ1) is 12.5. The van der Waals surface area contributed by atoms with Crippen LogP contribution < -0.4 is 0 Å². The van der Waals surface area contributed by atoms with Crippen molar-refractivity contribution in [3.63, 3.8) is 0 Å². The molecule has 8 heteroatoms. The maximum absolute atomic E-state index is 13.2.